The molecule has 0 saturated heterocycles. The van der Waals surface area contributed by atoms with E-state index in [1.54, 1.807) is 6.20 Å². The Kier molecular flexibility index (Phi) is 5.49. The molecule has 0 bridgehead atoms. The third-order valence-corrected chi connectivity index (χ3v) is 4.51. The predicted molar refractivity (Wildman–Crippen MR) is 87.5 cm³/mol. The second-order valence-corrected chi connectivity index (χ2v) is 6.18. The minimum absolute atomic E-state index is 0.0966. The average Bonchev–Trinajstić information content (AvgIpc) is 2.73. The number of nitrogens with zero attached hydrogens (tertiary/aromatic N) is 2. The molecule has 0 amide bonds. The van der Waals surface area contributed by atoms with Crippen LogP contribution >= 0.6 is 39.1 Å². The molecule has 1 unspecified atom stereocenters. The Morgan fingerprint density at radius 2 is 2.00 bits per heavy atom. The summed E-state index contributed by atoms with van der Waals surface area (Å²) in [5.74, 6) is 0. The van der Waals surface area contributed by atoms with E-state index in [0.717, 1.165) is 22.3 Å². The van der Waals surface area contributed by atoms with Crippen molar-refractivity contribution in [3.8, 4) is 0 Å². The minimum Gasteiger partial charge on any atom is -0.309 e. The number of aryl methyl sites for hydroxylation is 1. The summed E-state index contributed by atoms with van der Waals surface area (Å²) < 4.78 is 2.84. The smallest absolute Gasteiger partial charge is 0.0695 e. The van der Waals surface area contributed by atoms with Crippen molar-refractivity contribution in [3.63, 3.8) is 0 Å². The van der Waals surface area contributed by atoms with Gasteiger partial charge in [0.1, 0.15) is 0 Å². The first kappa shape index (κ1) is 15.8. The van der Waals surface area contributed by atoms with Crippen LogP contribution in [0.15, 0.2) is 28.9 Å². The maximum atomic E-state index is 6.27. The van der Waals surface area contributed by atoms with Crippen molar-refractivity contribution in [1.82, 2.24) is 15.1 Å². The quantitative estimate of drug-likeness (QED) is 0.838. The van der Waals surface area contributed by atoms with Gasteiger partial charge in [0.05, 0.1) is 22.4 Å². The summed E-state index contributed by atoms with van der Waals surface area (Å²) in [5, 5.41) is 9.12. The first-order valence-corrected chi connectivity index (χ1v) is 7.93. The van der Waals surface area contributed by atoms with Crippen LogP contribution in [0.4, 0.5) is 0 Å². The van der Waals surface area contributed by atoms with Gasteiger partial charge < -0.3 is 5.32 Å². The van der Waals surface area contributed by atoms with Gasteiger partial charge in [-0.05, 0) is 46.6 Å². The van der Waals surface area contributed by atoms with Gasteiger partial charge in [-0.25, -0.2) is 0 Å². The van der Waals surface area contributed by atoms with Crippen LogP contribution in [0.3, 0.4) is 0 Å². The van der Waals surface area contributed by atoms with Crippen molar-refractivity contribution in [2.45, 2.75) is 19.4 Å². The Labute approximate surface area is 137 Å². The molecule has 2 aromatic rings. The monoisotopic (exact) mass is 375 g/mol. The van der Waals surface area contributed by atoms with Crippen LogP contribution in [0, 0.1) is 0 Å². The highest BCUT2D eigenvalue weighted by atomic mass is 79.9. The van der Waals surface area contributed by atoms with Crippen LogP contribution in [-0.2, 0) is 13.5 Å². The third-order valence-electron chi connectivity index (χ3n) is 3.19. The molecule has 1 N–H and O–H groups in total. The van der Waals surface area contributed by atoms with E-state index < -0.39 is 0 Å². The molecule has 0 fully saturated rings. The van der Waals surface area contributed by atoms with Gasteiger partial charge in [-0.2, -0.15) is 5.10 Å². The number of benzene rings is 1. The Hall–Kier alpha value is -0.550. The molecule has 0 radical (unpaired) electrons. The highest BCUT2D eigenvalue weighted by Gasteiger charge is 2.20. The predicted octanol–water partition coefficient (Wildman–Crippen LogP) is 4.38. The molecule has 2 rings (SSSR count). The zero-order chi connectivity index (χ0) is 14.7. The number of halogens is 3. The van der Waals surface area contributed by atoms with E-state index in [9.17, 15) is 0 Å². The lowest BCUT2D eigenvalue weighted by Crippen LogP contribution is -2.25. The molecule has 0 saturated carbocycles. The number of nitrogens with one attached hydrogen (secondary N) is 1. The van der Waals surface area contributed by atoms with E-state index in [2.05, 4.69) is 33.3 Å². The van der Waals surface area contributed by atoms with Crippen LogP contribution < -0.4 is 5.32 Å². The van der Waals surface area contributed by atoms with E-state index in [1.165, 1.54) is 0 Å². The molecule has 3 nitrogen and oxygen atoms in total. The second-order valence-electron chi connectivity index (χ2n) is 4.52. The molecule has 1 aromatic carbocycles. The molecule has 1 aromatic heterocycles. The van der Waals surface area contributed by atoms with Gasteiger partial charge in [-0.15, -0.1) is 0 Å². The Bertz CT molecular complexity index is 558. The molecule has 0 aliphatic rings. The first-order chi connectivity index (χ1) is 9.54. The van der Waals surface area contributed by atoms with Crippen LogP contribution in [0.5, 0.6) is 0 Å². The average molecular weight is 377 g/mol. The molecule has 0 aliphatic carbocycles. The van der Waals surface area contributed by atoms with Crippen molar-refractivity contribution in [3.05, 3.63) is 50.2 Å². The van der Waals surface area contributed by atoms with Gasteiger partial charge in [0.2, 0.25) is 0 Å². The molecular formula is C14H16BrCl2N3. The van der Waals surface area contributed by atoms with Crippen LogP contribution in [0.1, 0.15) is 24.2 Å². The highest BCUT2D eigenvalue weighted by Crippen LogP contribution is 2.31. The largest absolute Gasteiger partial charge is 0.309 e. The molecule has 1 heterocycles. The summed E-state index contributed by atoms with van der Waals surface area (Å²) >= 11 is 16.1. The van der Waals surface area contributed by atoms with E-state index >= 15 is 0 Å². The molecule has 20 heavy (non-hydrogen) atoms. The lowest BCUT2D eigenvalue weighted by Gasteiger charge is -2.20. The van der Waals surface area contributed by atoms with E-state index in [0.29, 0.717) is 16.5 Å². The number of hydrogen-bond acceptors (Lipinski definition) is 2. The fourth-order valence-electron chi connectivity index (χ4n) is 2.26. The van der Waals surface area contributed by atoms with Crippen LogP contribution in [-0.4, -0.2) is 16.3 Å². The molecule has 0 aliphatic heterocycles. The first-order valence-electron chi connectivity index (χ1n) is 6.38. The number of rotatable bonds is 5. The van der Waals surface area contributed by atoms with Gasteiger partial charge in [-0.1, -0.05) is 36.2 Å². The molecule has 108 valence electrons. The maximum Gasteiger partial charge on any atom is 0.0695 e. The number of aromatic nitrogens is 2. The normalized spacial score (nSPS) is 12.7. The summed E-state index contributed by atoms with van der Waals surface area (Å²) in [4.78, 5) is 0. The van der Waals surface area contributed by atoms with Crippen LogP contribution in [0.2, 0.25) is 10.0 Å². The summed E-state index contributed by atoms with van der Waals surface area (Å²) in [6.07, 6.45) is 2.51. The number of likely N-dealkylation sites (N-methyl/N-ethyl adjacent to an activating group) is 1. The SMILES string of the molecule is CCNC(Cc1c(Cl)cccc1Cl)c1c(Br)cnn1C. The lowest BCUT2D eigenvalue weighted by molar-refractivity contribution is 0.506. The maximum absolute atomic E-state index is 6.27. The lowest BCUT2D eigenvalue weighted by atomic mass is 10.0. The van der Waals surface area contributed by atoms with Crippen molar-refractivity contribution < 1.29 is 0 Å². The van der Waals surface area contributed by atoms with Crippen molar-refractivity contribution in [2.75, 3.05) is 6.54 Å². The molecule has 0 spiro atoms. The van der Waals surface area contributed by atoms with Gasteiger partial charge >= 0.3 is 0 Å². The fraction of sp³-hybridized carbons (Fsp3) is 0.357. The Morgan fingerprint density at radius 3 is 2.50 bits per heavy atom. The molecular weight excluding hydrogens is 361 g/mol. The van der Waals surface area contributed by atoms with Crippen molar-refractivity contribution in [2.24, 2.45) is 7.05 Å². The summed E-state index contributed by atoms with van der Waals surface area (Å²) in [7, 11) is 1.93. The van der Waals surface area contributed by atoms with Gasteiger partial charge in [0.25, 0.3) is 0 Å². The highest BCUT2D eigenvalue weighted by molar-refractivity contribution is 9.10. The number of hydrogen-bond donors (Lipinski definition) is 1. The summed E-state index contributed by atoms with van der Waals surface area (Å²) in [6, 6.07) is 5.68. The van der Waals surface area contributed by atoms with Gasteiger partial charge in [0.15, 0.2) is 0 Å². The fourth-order valence-corrected chi connectivity index (χ4v) is 3.43. The van der Waals surface area contributed by atoms with Crippen molar-refractivity contribution in [1.29, 1.82) is 0 Å². The topological polar surface area (TPSA) is 29.9 Å². The third kappa shape index (κ3) is 3.37. The minimum atomic E-state index is 0.0966. The van der Waals surface area contributed by atoms with Crippen LogP contribution in [0.25, 0.3) is 0 Å². The van der Waals surface area contributed by atoms with Gasteiger partial charge in [0, 0.05) is 17.1 Å². The van der Waals surface area contributed by atoms with Gasteiger partial charge in [-0.3, -0.25) is 4.68 Å². The summed E-state index contributed by atoms with van der Waals surface area (Å²) in [5.41, 5.74) is 2.04. The zero-order valence-electron chi connectivity index (χ0n) is 11.3. The zero-order valence-corrected chi connectivity index (χ0v) is 14.4. The second kappa shape index (κ2) is 6.94. The Balaban J connectivity index is 2.36. The Morgan fingerprint density at radius 1 is 1.35 bits per heavy atom. The van der Waals surface area contributed by atoms with E-state index in [1.807, 2.05) is 29.9 Å². The van der Waals surface area contributed by atoms with E-state index in [-0.39, 0.29) is 6.04 Å². The standard InChI is InChI=1S/C14H16BrCl2N3/c1-3-18-13(14-10(15)8-19-20(14)2)7-9-11(16)5-4-6-12(9)17/h4-6,8,13,18H,3,7H2,1-2H3. The molecule has 1 atom stereocenters. The molecule has 6 heteroatoms. The summed E-state index contributed by atoms with van der Waals surface area (Å²) in [6.45, 7) is 2.93. The van der Waals surface area contributed by atoms with Crippen molar-refractivity contribution >= 4 is 39.1 Å². The van der Waals surface area contributed by atoms with E-state index in [4.69, 9.17) is 23.2 Å².